The lowest BCUT2D eigenvalue weighted by atomic mass is 10.2. The van der Waals surface area contributed by atoms with Gasteiger partial charge < -0.3 is 10.0 Å². The maximum atomic E-state index is 13.9. The van der Waals surface area contributed by atoms with Gasteiger partial charge in [0, 0.05) is 28.8 Å². The molecule has 0 fully saturated rings. The Hall–Kier alpha value is -1.83. The summed E-state index contributed by atoms with van der Waals surface area (Å²) in [6.45, 7) is 3.51. The summed E-state index contributed by atoms with van der Waals surface area (Å²) in [4.78, 5) is 3.15. The van der Waals surface area contributed by atoms with E-state index in [9.17, 15) is 4.39 Å². The Labute approximate surface area is 128 Å². The molecule has 4 heteroatoms. The molecule has 0 spiro atoms. The highest BCUT2D eigenvalue weighted by molar-refractivity contribution is 7.10. The number of anilines is 1. The smallest absolute Gasteiger partial charge is 0.146 e. The van der Waals surface area contributed by atoms with Crippen molar-refractivity contribution in [2.75, 3.05) is 18.1 Å². The van der Waals surface area contributed by atoms with Gasteiger partial charge >= 0.3 is 0 Å². The summed E-state index contributed by atoms with van der Waals surface area (Å²) in [7, 11) is 0. The van der Waals surface area contributed by atoms with Gasteiger partial charge in [-0.3, -0.25) is 0 Å². The molecule has 1 aromatic heterocycles. The molecule has 0 unspecified atom stereocenters. The number of aliphatic hydroxyl groups excluding tert-OH is 1. The Bertz CT molecular complexity index is 641. The zero-order valence-corrected chi connectivity index (χ0v) is 12.8. The fourth-order valence-electron chi connectivity index (χ4n) is 2.01. The van der Waals surface area contributed by atoms with Crippen LogP contribution in [0.2, 0.25) is 0 Å². The first-order valence-electron chi connectivity index (χ1n) is 6.91. The standard InChI is InChI=1S/C17H18FNOS/c1-2-19(17-9-4-3-8-16(17)18)12-15-11-14(13-21-15)7-5-6-10-20/h3-4,8-9,11,13,20H,2,6,10,12H2,1H3. The van der Waals surface area contributed by atoms with Gasteiger partial charge in [-0.05, 0) is 25.1 Å². The van der Waals surface area contributed by atoms with Crippen LogP contribution in [0.15, 0.2) is 35.7 Å². The molecule has 0 aliphatic carbocycles. The Morgan fingerprint density at radius 2 is 2.14 bits per heavy atom. The molecule has 0 radical (unpaired) electrons. The van der Waals surface area contributed by atoms with Crippen LogP contribution in [-0.2, 0) is 6.54 Å². The monoisotopic (exact) mass is 303 g/mol. The summed E-state index contributed by atoms with van der Waals surface area (Å²) in [6.07, 6.45) is 0.488. The van der Waals surface area contributed by atoms with E-state index in [0.717, 1.165) is 17.0 Å². The SMILES string of the molecule is CCN(Cc1cc(C#CCCO)cs1)c1ccccc1F. The van der Waals surface area contributed by atoms with E-state index in [1.165, 1.54) is 6.07 Å². The van der Waals surface area contributed by atoms with Gasteiger partial charge in [0.2, 0.25) is 0 Å². The Morgan fingerprint density at radius 3 is 2.86 bits per heavy atom. The van der Waals surface area contributed by atoms with Crippen molar-refractivity contribution < 1.29 is 9.50 Å². The summed E-state index contributed by atoms with van der Waals surface area (Å²) < 4.78 is 13.9. The molecule has 1 aromatic carbocycles. The minimum atomic E-state index is -0.195. The number of benzene rings is 1. The predicted octanol–water partition coefficient (Wildman–Crippen LogP) is 3.65. The number of hydrogen-bond donors (Lipinski definition) is 1. The van der Waals surface area contributed by atoms with Crippen LogP contribution in [0.1, 0.15) is 23.8 Å². The second-order valence-electron chi connectivity index (χ2n) is 4.54. The van der Waals surface area contributed by atoms with Crippen LogP contribution in [0.4, 0.5) is 10.1 Å². The van der Waals surface area contributed by atoms with Crippen molar-refractivity contribution in [1.29, 1.82) is 0 Å². The van der Waals surface area contributed by atoms with Crippen LogP contribution in [0, 0.1) is 17.7 Å². The predicted molar refractivity (Wildman–Crippen MR) is 86.0 cm³/mol. The van der Waals surface area contributed by atoms with Crippen LogP contribution in [0.25, 0.3) is 0 Å². The fraction of sp³-hybridized carbons (Fsp3) is 0.294. The molecular formula is C17H18FNOS. The zero-order valence-electron chi connectivity index (χ0n) is 12.0. The Morgan fingerprint density at radius 1 is 1.33 bits per heavy atom. The second-order valence-corrected chi connectivity index (χ2v) is 5.54. The first-order chi connectivity index (χ1) is 10.2. The van der Waals surface area contributed by atoms with Gasteiger partial charge in [-0.1, -0.05) is 24.0 Å². The molecule has 0 saturated heterocycles. The first kappa shape index (κ1) is 15.6. The number of aliphatic hydroxyl groups is 1. The molecule has 21 heavy (non-hydrogen) atoms. The van der Waals surface area contributed by atoms with Crippen LogP contribution in [0.5, 0.6) is 0 Å². The third-order valence-electron chi connectivity index (χ3n) is 3.04. The number of para-hydroxylation sites is 1. The number of rotatable bonds is 5. The maximum Gasteiger partial charge on any atom is 0.146 e. The molecule has 0 amide bonds. The van der Waals surface area contributed by atoms with Crippen LogP contribution in [-0.4, -0.2) is 18.3 Å². The molecule has 0 atom stereocenters. The fourth-order valence-corrected chi connectivity index (χ4v) is 2.84. The van der Waals surface area contributed by atoms with Crippen molar-refractivity contribution in [2.45, 2.75) is 19.9 Å². The molecule has 0 aliphatic rings. The Balaban J connectivity index is 2.10. The van der Waals surface area contributed by atoms with Crippen molar-refractivity contribution in [2.24, 2.45) is 0 Å². The van der Waals surface area contributed by atoms with E-state index in [0.29, 0.717) is 18.7 Å². The van der Waals surface area contributed by atoms with E-state index in [1.54, 1.807) is 23.5 Å². The van der Waals surface area contributed by atoms with E-state index >= 15 is 0 Å². The number of nitrogens with zero attached hydrogens (tertiary/aromatic N) is 1. The minimum Gasteiger partial charge on any atom is -0.395 e. The second kappa shape index (κ2) is 7.82. The number of thiophene rings is 1. The quantitative estimate of drug-likeness (QED) is 0.852. The molecule has 1 N–H and O–H groups in total. The van der Waals surface area contributed by atoms with Crippen molar-refractivity contribution in [1.82, 2.24) is 0 Å². The molecule has 2 aromatic rings. The van der Waals surface area contributed by atoms with Crippen LogP contribution >= 0.6 is 11.3 Å². The van der Waals surface area contributed by atoms with Gasteiger partial charge in [0.1, 0.15) is 5.82 Å². The molecule has 2 rings (SSSR count). The van der Waals surface area contributed by atoms with E-state index < -0.39 is 0 Å². The molecule has 2 nitrogen and oxygen atoms in total. The summed E-state index contributed by atoms with van der Waals surface area (Å²) in [5, 5.41) is 10.7. The lowest BCUT2D eigenvalue weighted by Gasteiger charge is -2.22. The highest BCUT2D eigenvalue weighted by Gasteiger charge is 2.10. The summed E-state index contributed by atoms with van der Waals surface area (Å²) in [5.74, 6) is 5.73. The summed E-state index contributed by atoms with van der Waals surface area (Å²) in [5.41, 5.74) is 1.58. The highest BCUT2D eigenvalue weighted by Crippen LogP contribution is 2.23. The van der Waals surface area contributed by atoms with Gasteiger partial charge in [-0.15, -0.1) is 11.3 Å². The third kappa shape index (κ3) is 4.32. The third-order valence-corrected chi connectivity index (χ3v) is 3.97. The van der Waals surface area contributed by atoms with Crippen molar-refractivity contribution in [3.8, 4) is 11.8 Å². The molecule has 0 saturated carbocycles. The maximum absolute atomic E-state index is 13.9. The highest BCUT2D eigenvalue weighted by atomic mass is 32.1. The normalized spacial score (nSPS) is 10.0. The zero-order chi connectivity index (χ0) is 15.1. The first-order valence-corrected chi connectivity index (χ1v) is 7.79. The lowest BCUT2D eigenvalue weighted by Crippen LogP contribution is -2.22. The topological polar surface area (TPSA) is 23.5 Å². The lowest BCUT2D eigenvalue weighted by molar-refractivity contribution is 0.305. The van der Waals surface area contributed by atoms with Crippen molar-refractivity contribution in [3.63, 3.8) is 0 Å². The van der Waals surface area contributed by atoms with Gasteiger partial charge in [0.15, 0.2) is 0 Å². The van der Waals surface area contributed by atoms with E-state index in [1.807, 2.05) is 29.3 Å². The molecule has 1 heterocycles. The van der Waals surface area contributed by atoms with Crippen LogP contribution in [0.3, 0.4) is 0 Å². The van der Waals surface area contributed by atoms with E-state index in [4.69, 9.17) is 5.11 Å². The van der Waals surface area contributed by atoms with Gasteiger partial charge in [0.05, 0.1) is 18.8 Å². The number of hydrogen-bond acceptors (Lipinski definition) is 3. The number of halogens is 1. The molecule has 0 bridgehead atoms. The van der Waals surface area contributed by atoms with Crippen molar-refractivity contribution in [3.05, 3.63) is 52.0 Å². The summed E-state index contributed by atoms with van der Waals surface area (Å²) in [6, 6.07) is 8.86. The molecular weight excluding hydrogens is 285 g/mol. The van der Waals surface area contributed by atoms with Gasteiger partial charge in [0.25, 0.3) is 0 Å². The average molecular weight is 303 g/mol. The minimum absolute atomic E-state index is 0.0842. The molecule has 0 aliphatic heterocycles. The molecule has 110 valence electrons. The largest absolute Gasteiger partial charge is 0.395 e. The summed E-state index contributed by atoms with van der Waals surface area (Å²) >= 11 is 1.62. The van der Waals surface area contributed by atoms with Crippen LogP contribution < -0.4 is 4.90 Å². The van der Waals surface area contributed by atoms with E-state index in [-0.39, 0.29) is 12.4 Å². The Kier molecular flexibility index (Phi) is 5.79. The van der Waals surface area contributed by atoms with Gasteiger partial charge in [-0.2, -0.15) is 0 Å². The van der Waals surface area contributed by atoms with E-state index in [2.05, 4.69) is 11.8 Å². The van der Waals surface area contributed by atoms with Gasteiger partial charge in [-0.25, -0.2) is 4.39 Å². The van der Waals surface area contributed by atoms with Crippen molar-refractivity contribution >= 4 is 17.0 Å². The average Bonchev–Trinajstić information content (AvgIpc) is 2.93.